The van der Waals surface area contributed by atoms with Gasteiger partial charge < -0.3 is 15.4 Å². The van der Waals surface area contributed by atoms with E-state index in [9.17, 15) is 0 Å². The number of nitrogens with zero attached hydrogens (tertiary/aromatic N) is 2. The molecule has 1 fully saturated rings. The zero-order chi connectivity index (χ0) is 12.0. The first kappa shape index (κ1) is 13.3. The van der Waals surface area contributed by atoms with Gasteiger partial charge in [0.25, 0.3) is 0 Å². The van der Waals surface area contributed by atoms with E-state index in [-0.39, 0.29) is 0 Å². The summed E-state index contributed by atoms with van der Waals surface area (Å²) in [6.07, 6.45) is 5.59. The van der Waals surface area contributed by atoms with Gasteiger partial charge in [-0.1, -0.05) is 19.8 Å². The summed E-state index contributed by atoms with van der Waals surface area (Å²) in [5, 5.41) is 0. The Kier molecular flexibility index (Phi) is 5.60. The van der Waals surface area contributed by atoms with E-state index in [1.165, 1.54) is 25.7 Å². The van der Waals surface area contributed by atoms with Gasteiger partial charge in [0, 0.05) is 14.1 Å². The number of hydrogen-bond donors (Lipinski definition) is 1. The normalized spacial score (nSPS) is 26.8. The highest BCUT2D eigenvalue weighted by Crippen LogP contribution is 2.25. The van der Waals surface area contributed by atoms with E-state index in [1.54, 1.807) is 0 Å². The van der Waals surface area contributed by atoms with Crippen molar-refractivity contribution in [1.29, 1.82) is 0 Å². The first-order valence-electron chi connectivity index (χ1n) is 6.20. The van der Waals surface area contributed by atoms with Crippen molar-refractivity contribution < 1.29 is 4.74 Å². The van der Waals surface area contributed by atoms with E-state index in [2.05, 4.69) is 11.9 Å². The predicted octanol–water partition coefficient (Wildman–Crippen LogP) is 1.46. The van der Waals surface area contributed by atoms with Crippen molar-refractivity contribution in [3.8, 4) is 0 Å². The molecular weight excluding hydrogens is 202 g/mol. The molecule has 1 aliphatic carbocycles. The molecule has 1 saturated carbocycles. The summed E-state index contributed by atoms with van der Waals surface area (Å²) in [4.78, 5) is 6.04. The van der Waals surface area contributed by atoms with Gasteiger partial charge in [-0.3, -0.25) is 4.99 Å². The zero-order valence-electron chi connectivity index (χ0n) is 10.8. The van der Waals surface area contributed by atoms with Crippen LogP contribution in [0.4, 0.5) is 0 Å². The lowest BCUT2D eigenvalue weighted by atomic mass is 9.88. The number of nitrogens with two attached hydrogens (primary N) is 1. The standard InChI is InChI=1S/C12H25N3O/c1-10-6-4-5-7-11(10)16-9-8-14-12(13)15(2)3/h10-11H,4-9H2,1-3H3,(H2,13,14)/t10-,11+/m0/s1. The third kappa shape index (κ3) is 4.39. The van der Waals surface area contributed by atoms with Crippen molar-refractivity contribution in [2.24, 2.45) is 16.6 Å². The minimum Gasteiger partial charge on any atom is -0.376 e. The second kappa shape index (κ2) is 6.74. The lowest BCUT2D eigenvalue weighted by Crippen LogP contribution is -2.31. The highest BCUT2D eigenvalue weighted by atomic mass is 16.5. The van der Waals surface area contributed by atoms with E-state index in [0.717, 1.165) is 0 Å². The van der Waals surface area contributed by atoms with Crippen LogP contribution in [0, 0.1) is 5.92 Å². The zero-order valence-corrected chi connectivity index (χ0v) is 10.8. The Morgan fingerprint density at radius 1 is 1.38 bits per heavy atom. The van der Waals surface area contributed by atoms with Crippen LogP contribution in [0.3, 0.4) is 0 Å². The quantitative estimate of drug-likeness (QED) is 0.449. The van der Waals surface area contributed by atoms with Crippen molar-refractivity contribution in [1.82, 2.24) is 4.90 Å². The molecule has 0 spiro atoms. The molecule has 0 aliphatic heterocycles. The maximum Gasteiger partial charge on any atom is 0.190 e. The molecule has 0 aromatic rings. The van der Waals surface area contributed by atoms with Crippen molar-refractivity contribution in [3.05, 3.63) is 0 Å². The lowest BCUT2D eigenvalue weighted by Gasteiger charge is -2.28. The second-order valence-corrected chi connectivity index (χ2v) is 4.81. The minimum atomic E-state index is 0.435. The van der Waals surface area contributed by atoms with Crippen LogP contribution >= 0.6 is 0 Å². The monoisotopic (exact) mass is 227 g/mol. The first-order chi connectivity index (χ1) is 7.61. The van der Waals surface area contributed by atoms with E-state index in [1.807, 2.05) is 19.0 Å². The summed E-state index contributed by atoms with van der Waals surface area (Å²) in [5.74, 6) is 1.27. The molecule has 0 amide bonds. The van der Waals surface area contributed by atoms with Crippen LogP contribution in [0.25, 0.3) is 0 Å². The Bertz CT molecular complexity index is 228. The van der Waals surface area contributed by atoms with Crippen molar-refractivity contribution in [3.63, 3.8) is 0 Å². The van der Waals surface area contributed by atoms with Crippen LogP contribution in [0.5, 0.6) is 0 Å². The molecule has 0 aromatic carbocycles. The summed E-state index contributed by atoms with van der Waals surface area (Å²) in [5.41, 5.74) is 5.68. The van der Waals surface area contributed by atoms with Crippen molar-refractivity contribution in [2.75, 3.05) is 27.2 Å². The SMILES string of the molecule is C[C@H]1CCCC[C@H]1OCCN=C(N)N(C)C. The van der Waals surface area contributed by atoms with Gasteiger partial charge >= 0.3 is 0 Å². The van der Waals surface area contributed by atoms with Crippen LogP contribution < -0.4 is 5.73 Å². The van der Waals surface area contributed by atoms with Crippen LogP contribution in [0.1, 0.15) is 32.6 Å². The van der Waals surface area contributed by atoms with Gasteiger partial charge in [0.15, 0.2) is 5.96 Å². The fourth-order valence-corrected chi connectivity index (χ4v) is 2.04. The van der Waals surface area contributed by atoms with Gasteiger partial charge in [-0.15, -0.1) is 0 Å². The van der Waals surface area contributed by atoms with E-state index >= 15 is 0 Å². The molecule has 2 N–H and O–H groups in total. The Balaban J connectivity index is 2.17. The maximum atomic E-state index is 5.84. The predicted molar refractivity (Wildman–Crippen MR) is 67.5 cm³/mol. The molecule has 94 valence electrons. The summed E-state index contributed by atoms with van der Waals surface area (Å²) < 4.78 is 5.84. The topological polar surface area (TPSA) is 50.9 Å². The van der Waals surface area contributed by atoms with Gasteiger partial charge in [-0.25, -0.2) is 0 Å². The first-order valence-corrected chi connectivity index (χ1v) is 6.20. The van der Waals surface area contributed by atoms with E-state index in [4.69, 9.17) is 10.5 Å². The Labute approximate surface area is 98.9 Å². The van der Waals surface area contributed by atoms with Gasteiger partial charge in [-0.2, -0.15) is 0 Å². The summed E-state index contributed by atoms with van der Waals surface area (Å²) in [6, 6.07) is 0. The molecule has 16 heavy (non-hydrogen) atoms. The molecule has 0 aromatic heterocycles. The van der Waals surface area contributed by atoms with Gasteiger partial charge in [-0.05, 0) is 18.8 Å². The Morgan fingerprint density at radius 3 is 2.69 bits per heavy atom. The lowest BCUT2D eigenvalue weighted by molar-refractivity contribution is -0.000686. The molecule has 4 nitrogen and oxygen atoms in total. The maximum absolute atomic E-state index is 5.84. The molecule has 0 radical (unpaired) electrons. The molecule has 0 bridgehead atoms. The molecule has 0 heterocycles. The van der Waals surface area contributed by atoms with Gasteiger partial charge in [0.2, 0.25) is 0 Å². The third-order valence-electron chi connectivity index (χ3n) is 3.19. The van der Waals surface area contributed by atoms with Gasteiger partial charge in [0.1, 0.15) is 0 Å². The second-order valence-electron chi connectivity index (χ2n) is 4.81. The highest BCUT2D eigenvalue weighted by Gasteiger charge is 2.21. The summed E-state index contributed by atoms with van der Waals surface area (Å²) in [7, 11) is 3.78. The molecule has 0 unspecified atom stereocenters. The number of rotatable bonds is 4. The number of aliphatic imine (C=N–C) groups is 1. The van der Waals surface area contributed by atoms with E-state index < -0.39 is 0 Å². The van der Waals surface area contributed by atoms with E-state index in [0.29, 0.717) is 31.1 Å². The Morgan fingerprint density at radius 2 is 2.06 bits per heavy atom. The fraction of sp³-hybridized carbons (Fsp3) is 0.917. The Hall–Kier alpha value is -0.770. The molecule has 1 aliphatic rings. The van der Waals surface area contributed by atoms with Crippen LogP contribution in [-0.4, -0.2) is 44.2 Å². The third-order valence-corrected chi connectivity index (χ3v) is 3.19. The number of guanidine groups is 1. The van der Waals surface area contributed by atoms with Crippen LogP contribution in [0.15, 0.2) is 4.99 Å². The van der Waals surface area contributed by atoms with Crippen LogP contribution in [-0.2, 0) is 4.74 Å². The molecule has 2 atom stereocenters. The average molecular weight is 227 g/mol. The molecular formula is C12H25N3O. The smallest absolute Gasteiger partial charge is 0.190 e. The fourth-order valence-electron chi connectivity index (χ4n) is 2.04. The summed E-state index contributed by atoms with van der Waals surface area (Å²) in [6.45, 7) is 3.62. The summed E-state index contributed by atoms with van der Waals surface area (Å²) >= 11 is 0. The van der Waals surface area contributed by atoms with Gasteiger partial charge in [0.05, 0.1) is 19.3 Å². The molecule has 0 saturated heterocycles. The van der Waals surface area contributed by atoms with Crippen molar-refractivity contribution >= 4 is 5.96 Å². The number of ether oxygens (including phenoxy) is 1. The minimum absolute atomic E-state index is 0.435. The average Bonchev–Trinajstić information content (AvgIpc) is 2.26. The number of hydrogen-bond acceptors (Lipinski definition) is 2. The van der Waals surface area contributed by atoms with Crippen LogP contribution in [0.2, 0.25) is 0 Å². The highest BCUT2D eigenvalue weighted by molar-refractivity contribution is 5.77. The molecule has 4 heteroatoms. The van der Waals surface area contributed by atoms with Crippen molar-refractivity contribution in [2.45, 2.75) is 38.7 Å². The largest absolute Gasteiger partial charge is 0.376 e. The molecule has 1 rings (SSSR count).